The molecule has 0 aromatic carbocycles. The standard InChI is InChI=1S/C8H14O2.Na.H/c1-3-4-5-6-7(2)8(9)10;;/h6H,3-5H2,1-2H3,(H,9,10);;/b7-6-;;. The van der Waals surface area contributed by atoms with Crippen LogP contribution in [0.1, 0.15) is 33.1 Å². The third-order valence-electron chi connectivity index (χ3n) is 1.35. The van der Waals surface area contributed by atoms with E-state index < -0.39 is 5.97 Å². The van der Waals surface area contributed by atoms with E-state index in [-0.39, 0.29) is 29.6 Å². The van der Waals surface area contributed by atoms with E-state index in [1.165, 1.54) is 0 Å². The molecule has 0 aliphatic rings. The van der Waals surface area contributed by atoms with Crippen LogP contribution in [0.5, 0.6) is 0 Å². The average Bonchev–Trinajstić information content (AvgIpc) is 1.88. The van der Waals surface area contributed by atoms with Crippen molar-refractivity contribution in [3.05, 3.63) is 11.6 Å². The molecule has 1 N–H and O–H groups in total. The Kier molecular flexibility index (Phi) is 10.4. The number of aliphatic carboxylic acids is 1. The Morgan fingerprint density at radius 2 is 2.09 bits per heavy atom. The average molecular weight is 166 g/mol. The van der Waals surface area contributed by atoms with Crippen LogP contribution >= 0.6 is 0 Å². The van der Waals surface area contributed by atoms with Gasteiger partial charge in [0.2, 0.25) is 0 Å². The number of unbranched alkanes of at least 4 members (excludes halogenated alkanes) is 2. The van der Waals surface area contributed by atoms with Gasteiger partial charge in [-0.2, -0.15) is 0 Å². The van der Waals surface area contributed by atoms with Crippen molar-refractivity contribution < 1.29 is 9.90 Å². The van der Waals surface area contributed by atoms with E-state index in [0.29, 0.717) is 5.57 Å². The van der Waals surface area contributed by atoms with E-state index >= 15 is 0 Å². The molecule has 0 bridgehead atoms. The fourth-order valence-corrected chi connectivity index (χ4v) is 0.610. The van der Waals surface area contributed by atoms with E-state index in [4.69, 9.17) is 5.11 Å². The van der Waals surface area contributed by atoms with Crippen LogP contribution < -0.4 is 0 Å². The fourth-order valence-electron chi connectivity index (χ4n) is 0.610. The number of hydrogen-bond acceptors (Lipinski definition) is 1. The summed E-state index contributed by atoms with van der Waals surface area (Å²) in [6.07, 6.45) is 4.84. The maximum absolute atomic E-state index is 10.2. The van der Waals surface area contributed by atoms with E-state index in [0.717, 1.165) is 19.3 Å². The first-order valence-electron chi connectivity index (χ1n) is 3.58. The van der Waals surface area contributed by atoms with Crippen molar-refractivity contribution in [1.82, 2.24) is 0 Å². The van der Waals surface area contributed by atoms with Crippen LogP contribution in [0.2, 0.25) is 0 Å². The molecule has 0 fully saturated rings. The summed E-state index contributed by atoms with van der Waals surface area (Å²) in [7, 11) is 0. The van der Waals surface area contributed by atoms with E-state index in [9.17, 15) is 4.79 Å². The molecule has 3 heteroatoms. The molecule has 0 amide bonds. The molecule has 0 unspecified atom stereocenters. The Bertz CT molecular complexity index is 141. The summed E-state index contributed by atoms with van der Waals surface area (Å²) in [4.78, 5) is 10.2. The Hall–Kier alpha value is 0.210. The molecular formula is C8H15NaO2. The molecule has 0 radical (unpaired) electrons. The number of carbonyl (C=O) groups is 1. The van der Waals surface area contributed by atoms with Crippen LogP contribution in [-0.4, -0.2) is 40.6 Å². The van der Waals surface area contributed by atoms with Crippen molar-refractivity contribution in [3.8, 4) is 0 Å². The van der Waals surface area contributed by atoms with Gasteiger partial charge in [0, 0.05) is 5.57 Å². The number of allylic oxidation sites excluding steroid dienone is 1. The first-order chi connectivity index (χ1) is 4.68. The zero-order valence-electron chi connectivity index (χ0n) is 6.55. The first-order valence-corrected chi connectivity index (χ1v) is 3.58. The van der Waals surface area contributed by atoms with Crippen molar-refractivity contribution in [2.24, 2.45) is 0 Å². The summed E-state index contributed by atoms with van der Waals surface area (Å²) < 4.78 is 0. The van der Waals surface area contributed by atoms with Gasteiger partial charge in [0.1, 0.15) is 0 Å². The number of carboxylic acids is 1. The zero-order chi connectivity index (χ0) is 7.98. The molecular weight excluding hydrogens is 151 g/mol. The molecule has 0 atom stereocenters. The second-order valence-electron chi connectivity index (χ2n) is 2.33. The van der Waals surface area contributed by atoms with Gasteiger partial charge >= 0.3 is 35.5 Å². The zero-order valence-corrected chi connectivity index (χ0v) is 6.55. The van der Waals surface area contributed by atoms with Gasteiger partial charge in [0.05, 0.1) is 0 Å². The minimum absolute atomic E-state index is 0. The van der Waals surface area contributed by atoms with E-state index in [2.05, 4.69) is 6.92 Å². The monoisotopic (exact) mass is 166 g/mol. The van der Waals surface area contributed by atoms with Crippen LogP contribution in [0.4, 0.5) is 0 Å². The Labute approximate surface area is 90.0 Å². The molecule has 11 heavy (non-hydrogen) atoms. The summed E-state index contributed by atoms with van der Waals surface area (Å²) in [5, 5.41) is 8.41. The third kappa shape index (κ3) is 8.11. The van der Waals surface area contributed by atoms with Crippen LogP contribution in [0.15, 0.2) is 11.6 Å². The molecule has 0 heterocycles. The SMILES string of the molecule is CCCC/C=C(/C)C(=O)O.[NaH]. The summed E-state index contributed by atoms with van der Waals surface area (Å²) in [6, 6.07) is 0. The van der Waals surface area contributed by atoms with Crippen molar-refractivity contribution >= 4 is 35.5 Å². The Morgan fingerprint density at radius 1 is 1.55 bits per heavy atom. The van der Waals surface area contributed by atoms with Gasteiger partial charge in [0.15, 0.2) is 0 Å². The second-order valence-corrected chi connectivity index (χ2v) is 2.33. The summed E-state index contributed by atoms with van der Waals surface area (Å²) in [5.41, 5.74) is 0.452. The normalized spacial score (nSPS) is 10.5. The van der Waals surface area contributed by atoms with Gasteiger partial charge in [-0.1, -0.05) is 25.8 Å². The fraction of sp³-hybridized carbons (Fsp3) is 0.625. The molecule has 0 aliphatic carbocycles. The van der Waals surface area contributed by atoms with Gasteiger partial charge in [-0.3, -0.25) is 0 Å². The molecule has 0 aromatic heterocycles. The Morgan fingerprint density at radius 3 is 2.45 bits per heavy atom. The van der Waals surface area contributed by atoms with Gasteiger partial charge in [-0.15, -0.1) is 0 Å². The van der Waals surface area contributed by atoms with Gasteiger partial charge < -0.3 is 5.11 Å². The Balaban J connectivity index is 0. The number of hydrogen-bond donors (Lipinski definition) is 1. The predicted molar refractivity (Wildman–Crippen MR) is 48.1 cm³/mol. The topological polar surface area (TPSA) is 37.3 Å². The van der Waals surface area contributed by atoms with Crippen LogP contribution in [0, 0.1) is 0 Å². The minimum atomic E-state index is -0.809. The summed E-state index contributed by atoms with van der Waals surface area (Å²) in [5.74, 6) is -0.809. The van der Waals surface area contributed by atoms with Crippen molar-refractivity contribution in [2.75, 3.05) is 0 Å². The molecule has 0 spiro atoms. The molecule has 2 nitrogen and oxygen atoms in total. The third-order valence-corrected chi connectivity index (χ3v) is 1.35. The van der Waals surface area contributed by atoms with Crippen molar-refractivity contribution in [1.29, 1.82) is 0 Å². The first kappa shape index (κ1) is 13.8. The van der Waals surface area contributed by atoms with Gasteiger partial charge in [-0.25, -0.2) is 4.79 Å². The van der Waals surface area contributed by atoms with Gasteiger partial charge in [-0.05, 0) is 13.3 Å². The molecule has 0 saturated heterocycles. The van der Waals surface area contributed by atoms with Crippen LogP contribution in [0.25, 0.3) is 0 Å². The summed E-state index contributed by atoms with van der Waals surface area (Å²) in [6.45, 7) is 3.71. The molecule has 0 saturated carbocycles. The van der Waals surface area contributed by atoms with Crippen LogP contribution in [0.3, 0.4) is 0 Å². The second kappa shape index (κ2) is 8.31. The molecule has 0 rings (SSSR count). The van der Waals surface area contributed by atoms with E-state index in [1.54, 1.807) is 13.0 Å². The van der Waals surface area contributed by atoms with Crippen molar-refractivity contribution in [2.45, 2.75) is 33.1 Å². The number of carboxylic acid groups (broad SMARTS) is 1. The van der Waals surface area contributed by atoms with Crippen molar-refractivity contribution in [3.63, 3.8) is 0 Å². The van der Waals surface area contributed by atoms with E-state index in [1.807, 2.05) is 0 Å². The molecule has 0 aliphatic heterocycles. The summed E-state index contributed by atoms with van der Waals surface area (Å²) >= 11 is 0. The predicted octanol–water partition coefficient (Wildman–Crippen LogP) is 1.56. The van der Waals surface area contributed by atoms with Crippen LogP contribution in [-0.2, 0) is 4.79 Å². The maximum atomic E-state index is 10.2. The molecule has 60 valence electrons. The number of rotatable bonds is 4. The quantitative estimate of drug-likeness (QED) is 0.391. The molecule has 0 aromatic rings. The van der Waals surface area contributed by atoms with Gasteiger partial charge in [0.25, 0.3) is 0 Å².